The molecule has 1 N–H and O–H groups in total. The van der Waals surface area contributed by atoms with Crippen LogP contribution in [0.4, 0.5) is 9.52 Å². The standard InChI is InChI=1S/C32H42FN5O5S/c1-7-21-17-38(28-27(21)43-19-32(28,41-5)42-6)30(40)25(11-8-20(2)3)34-29(39)22-9-10-23(24(33)16-22)26-18-44-31(35-26)37-14-12-36(4)13-15-37/h1,9-10,16,18,20-21,25,27-28H,8,11-15,17,19H2,2-6H3,(H,34,39)/t21-,25+,27-,28+/m1/s1. The number of hydrogen-bond acceptors (Lipinski definition) is 9. The van der Waals surface area contributed by atoms with E-state index in [1.807, 2.05) is 5.38 Å². The molecule has 3 aliphatic rings. The van der Waals surface area contributed by atoms with E-state index in [4.69, 9.17) is 20.6 Å². The molecule has 0 unspecified atom stereocenters. The lowest BCUT2D eigenvalue weighted by Gasteiger charge is -2.37. The van der Waals surface area contributed by atoms with Crippen molar-refractivity contribution < 1.29 is 28.2 Å². The molecule has 44 heavy (non-hydrogen) atoms. The number of thiazole rings is 1. The van der Waals surface area contributed by atoms with Crippen LogP contribution in [-0.2, 0) is 19.0 Å². The van der Waals surface area contributed by atoms with Crippen molar-refractivity contribution in [2.75, 3.05) is 65.5 Å². The number of methoxy groups -OCH3 is 2. The molecule has 4 heterocycles. The van der Waals surface area contributed by atoms with Crippen LogP contribution in [0.1, 0.15) is 37.0 Å². The van der Waals surface area contributed by atoms with Gasteiger partial charge in [-0.2, -0.15) is 0 Å². The van der Waals surface area contributed by atoms with Gasteiger partial charge in [0, 0.05) is 63.5 Å². The second kappa shape index (κ2) is 13.5. The number of carbonyl (C=O) groups excluding carboxylic acids is 2. The summed E-state index contributed by atoms with van der Waals surface area (Å²) in [5.74, 6) is 0.135. The predicted molar refractivity (Wildman–Crippen MR) is 167 cm³/mol. The summed E-state index contributed by atoms with van der Waals surface area (Å²) in [6.45, 7) is 8.12. The van der Waals surface area contributed by atoms with E-state index in [-0.39, 0.29) is 30.5 Å². The number of likely N-dealkylation sites (N-methyl/N-ethyl adjacent to an activating group) is 1. The highest BCUT2D eigenvalue weighted by atomic mass is 32.1. The molecule has 238 valence electrons. The number of benzene rings is 1. The second-order valence-corrected chi connectivity index (χ2v) is 13.0. The van der Waals surface area contributed by atoms with Gasteiger partial charge in [0.25, 0.3) is 5.91 Å². The fourth-order valence-electron chi connectivity index (χ4n) is 6.23. The van der Waals surface area contributed by atoms with Gasteiger partial charge >= 0.3 is 0 Å². The Morgan fingerprint density at radius 2 is 1.95 bits per heavy atom. The number of nitrogens with one attached hydrogen (secondary N) is 1. The van der Waals surface area contributed by atoms with Gasteiger partial charge in [-0.3, -0.25) is 9.59 Å². The van der Waals surface area contributed by atoms with Crippen molar-refractivity contribution in [2.24, 2.45) is 11.8 Å². The lowest BCUT2D eigenvalue weighted by Crippen LogP contribution is -2.58. The van der Waals surface area contributed by atoms with Crippen molar-refractivity contribution in [1.82, 2.24) is 20.1 Å². The first-order valence-electron chi connectivity index (χ1n) is 15.1. The van der Waals surface area contributed by atoms with Crippen molar-refractivity contribution in [3.05, 3.63) is 35.0 Å². The van der Waals surface area contributed by atoms with Gasteiger partial charge in [0.1, 0.15) is 24.5 Å². The number of likely N-dealkylation sites (tertiary alicyclic amines) is 1. The third-order valence-corrected chi connectivity index (χ3v) is 9.86. The molecule has 0 spiro atoms. The zero-order valence-electron chi connectivity index (χ0n) is 26.0. The van der Waals surface area contributed by atoms with Crippen molar-refractivity contribution in [3.8, 4) is 23.6 Å². The van der Waals surface area contributed by atoms with Crippen LogP contribution >= 0.6 is 11.3 Å². The zero-order chi connectivity index (χ0) is 31.6. The van der Waals surface area contributed by atoms with Crippen LogP contribution in [0.15, 0.2) is 23.6 Å². The van der Waals surface area contributed by atoms with Crippen LogP contribution < -0.4 is 10.2 Å². The van der Waals surface area contributed by atoms with E-state index in [1.54, 1.807) is 17.0 Å². The van der Waals surface area contributed by atoms with E-state index in [0.717, 1.165) is 31.3 Å². The average Bonchev–Trinajstić information content (AvgIpc) is 3.75. The minimum atomic E-state index is -1.17. The van der Waals surface area contributed by atoms with Crippen molar-refractivity contribution in [3.63, 3.8) is 0 Å². The molecular weight excluding hydrogens is 585 g/mol. The summed E-state index contributed by atoms with van der Waals surface area (Å²) in [5, 5.41) is 5.58. The Morgan fingerprint density at radius 1 is 1.23 bits per heavy atom. The SMILES string of the molecule is C#C[C@@H]1CN(C(=O)[C@H](CCC(C)C)NC(=O)c2ccc(-c3csc(N4CCN(C)CC4)n3)c(F)c2)[C@H]2[C@@H]1OCC2(OC)OC. The number of fused-ring (bicyclic) bond motifs is 1. The zero-order valence-corrected chi connectivity index (χ0v) is 26.9. The number of halogens is 1. The monoisotopic (exact) mass is 627 g/mol. The van der Waals surface area contributed by atoms with Crippen LogP contribution in [0.25, 0.3) is 11.3 Å². The normalized spacial score (nSPS) is 23.9. The predicted octanol–water partition coefficient (Wildman–Crippen LogP) is 3.08. The van der Waals surface area contributed by atoms with E-state index < -0.39 is 35.7 Å². The van der Waals surface area contributed by atoms with Crippen LogP contribution in [0.3, 0.4) is 0 Å². The highest BCUT2D eigenvalue weighted by Gasteiger charge is 2.61. The maximum Gasteiger partial charge on any atom is 0.252 e. The Hall–Kier alpha value is -3.08. The average molecular weight is 628 g/mol. The number of terminal acetylenes is 1. The summed E-state index contributed by atoms with van der Waals surface area (Å²) in [6, 6.07) is 2.91. The van der Waals surface area contributed by atoms with E-state index in [2.05, 4.69) is 46.9 Å². The Labute approximate surface area is 262 Å². The lowest BCUT2D eigenvalue weighted by atomic mass is 9.98. The molecule has 2 amide bonds. The molecule has 1 aromatic heterocycles. The number of ether oxygens (including phenoxy) is 3. The summed E-state index contributed by atoms with van der Waals surface area (Å²) in [6.07, 6.45) is 6.45. The van der Waals surface area contributed by atoms with Crippen molar-refractivity contribution >= 4 is 28.3 Å². The first kappa shape index (κ1) is 32.3. The highest BCUT2D eigenvalue weighted by Crippen LogP contribution is 2.41. The Morgan fingerprint density at radius 3 is 2.59 bits per heavy atom. The smallest absolute Gasteiger partial charge is 0.252 e. The number of nitrogens with zero attached hydrogens (tertiary/aromatic N) is 4. The summed E-state index contributed by atoms with van der Waals surface area (Å²) < 4.78 is 32.8. The fraction of sp³-hybridized carbons (Fsp3) is 0.594. The number of amides is 2. The maximum atomic E-state index is 15.4. The molecule has 2 aromatic rings. The van der Waals surface area contributed by atoms with Gasteiger partial charge in [0.05, 0.1) is 17.7 Å². The molecule has 1 aromatic carbocycles. The number of aromatic nitrogens is 1. The Bertz CT molecular complexity index is 1380. The minimum absolute atomic E-state index is 0.122. The molecule has 0 saturated carbocycles. The van der Waals surface area contributed by atoms with Gasteiger partial charge in [-0.25, -0.2) is 9.37 Å². The molecule has 5 rings (SSSR count). The van der Waals surface area contributed by atoms with Gasteiger partial charge in [0.2, 0.25) is 11.7 Å². The first-order valence-corrected chi connectivity index (χ1v) is 16.0. The summed E-state index contributed by atoms with van der Waals surface area (Å²) in [4.78, 5) is 38.3. The van der Waals surface area contributed by atoms with Crippen LogP contribution in [0.2, 0.25) is 0 Å². The molecule has 3 saturated heterocycles. The molecule has 3 fully saturated rings. The number of anilines is 1. The van der Waals surface area contributed by atoms with Gasteiger partial charge in [0.15, 0.2) is 5.13 Å². The number of hydrogen-bond donors (Lipinski definition) is 1. The van der Waals surface area contributed by atoms with E-state index in [9.17, 15) is 9.59 Å². The van der Waals surface area contributed by atoms with Gasteiger partial charge in [-0.1, -0.05) is 19.8 Å². The van der Waals surface area contributed by atoms with Crippen LogP contribution in [-0.4, -0.2) is 111 Å². The third-order valence-electron chi connectivity index (χ3n) is 8.96. The lowest BCUT2D eigenvalue weighted by molar-refractivity contribution is -0.227. The molecule has 0 radical (unpaired) electrons. The summed E-state index contributed by atoms with van der Waals surface area (Å²) >= 11 is 1.48. The largest absolute Gasteiger partial charge is 0.369 e. The number of rotatable bonds is 10. The molecule has 10 nitrogen and oxygen atoms in total. The maximum absolute atomic E-state index is 15.4. The Balaban J connectivity index is 1.33. The molecule has 4 atom stereocenters. The molecule has 0 aliphatic carbocycles. The van der Waals surface area contributed by atoms with E-state index >= 15 is 4.39 Å². The quantitative estimate of drug-likeness (QED) is 0.317. The van der Waals surface area contributed by atoms with Gasteiger partial charge < -0.3 is 34.2 Å². The van der Waals surface area contributed by atoms with Crippen molar-refractivity contribution in [2.45, 2.75) is 50.7 Å². The second-order valence-electron chi connectivity index (χ2n) is 12.2. The summed E-state index contributed by atoms with van der Waals surface area (Å²) in [7, 11) is 5.11. The van der Waals surface area contributed by atoms with E-state index in [0.29, 0.717) is 30.0 Å². The fourth-order valence-corrected chi connectivity index (χ4v) is 7.11. The first-order chi connectivity index (χ1) is 21.1. The molecular formula is C32H42FN5O5S. The van der Waals surface area contributed by atoms with Gasteiger partial charge in [-0.15, -0.1) is 17.8 Å². The minimum Gasteiger partial charge on any atom is -0.369 e. The topological polar surface area (TPSA) is 96.5 Å². The van der Waals surface area contributed by atoms with Crippen LogP contribution in [0.5, 0.6) is 0 Å². The van der Waals surface area contributed by atoms with Crippen LogP contribution in [0, 0.1) is 30.0 Å². The number of piperazine rings is 1. The molecule has 3 aliphatic heterocycles. The van der Waals surface area contributed by atoms with Crippen molar-refractivity contribution in [1.29, 1.82) is 0 Å². The van der Waals surface area contributed by atoms with Gasteiger partial charge in [-0.05, 0) is 44.0 Å². The summed E-state index contributed by atoms with van der Waals surface area (Å²) in [5.41, 5.74) is 0.977. The Kier molecular flexibility index (Phi) is 9.92. The third kappa shape index (κ3) is 6.34. The number of carbonyl (C=O) groups is 2. The molecule has 12 heteroatoms. The highest BCUT2D eigenvalue weighted by molar-refractivity contribution is 7.14. The molecule has 0 bridgehead atoms. The van der Waals surface area contributed by atoms with E-state index in [1.165, 1.54) is 31.6 Å².